The number of para-hydroxylation sites is 1. The molecule has 0 aliphatic carbocycles. The molecule has 0 fully saturated rings. The van der Waals surface area contributed by atoms with E-state index in [4.69, 9.17) is 9.26 Å². The Bertz CT molecular complexity index is 1360. The van der Waals surface area contributed by atoms with Crippen LogP contribution in [0.1, 0.15) is 16.2 Å². The van der Waals surface area contributed by atoms with Gasteiger partial charge >= 0.3 is 5.97 Å². The molecule has 0 unspecified atom stereocenters. The van der Waals surface area contributed by atoms with Gasteiger partial charge in [-0.2, -0.15) is 4.98 Å². The highest BCUT2D eigenvalue weighted by Crippen LogP contribution is 2.22. The lowest BCUT2D eigenvalue weighted by Crippen LogP contribution is -2.26. The molecule has 168 valence electrons. The first kappa shape index (κ1) is 22.2. The molecule has 10 heteroatoms. The Labute approximate surface area is 189 Å². The summed E-state index contributed by atoms with van der Waals surface area (Å²) in [6, 6.07) is 19.6. The number of ether oxygens (including phenoxy) is 1. The fourth-order valence-corrected chi connectivity index (χ4v) is 4.13. The maximum atomic E-state index is 13.0. The zero-order valence-corrected chi connectivity index (χ0v) is 18.2. The average molecular weight is 467 g/mol. The van der Waals surface area contributed by atoms with Crippen molar-refractivity contribution in [3.05, 3.63) is 96.1 Å². The zero-order chi connectivity index (χ0) is 23.4. The molecule has 1 aromatic heterocycles. The number of nitrogens with zero attached hydrogens (tertiary/aromatic N) is 3. The highest BCUT2D eigenvalue weighted by atomic mass is 32.2. The van der Waals surface area contributed by atoms with E-state index >= 15 is 0 Å². The molecular formula is C23H18FN3O5S. The summed E-state index contributed by atoms with van der Waals surface area (Å²) < 4.78 is 50.1. The number of rotatable bonds is 7. The minimum absolute atomic E-state index is 0.0336. The van der Waals surface area contributed by atoms with Crippen LogP contribution in [0.3, 0.4) is 0 Å². The first-order valence-corrected chi connectivity index (χ1v) is 11.2. The third kappa shape index (κ3) is 4.90. The molecule has 0 amide bonds. The smallest absolute Gasteiger partial charge is 0.338 e. The molecule has 0 saturated carbocycles. The summed E-state index contributed by atoms with van der Waals surface area (Å²) in [7, 11) is -2.34. The quantitative estimate of drug-likeness (QED) is 0.378. The van der Waals surface area contributed by atoms with Crippen LogP contribution in [0.25, 0.3) is 11.4 Å². The van der Waals surface area contributed by atoms with Crippen molar-refractivity contribution < 1.29 is 26.9 Å². The molecule has 4 aromatic rings. The molecule has 8 nitrogen and oxygen atoms in total. The van der Waals surface area contributed by atoms with E-state index in [0.717, 1.165) is 4.31 Å². The van der Waals surface area contributed by atoms with Gasteiger partial charge in [0.1, 0.15) is 5.82 Å². The lowest BCUT2D eigenvalue weighted by atomic mass is 10.2. The summed E-state index contributed by atoms with van der Waals surface area (Å²) in [4.78, 5) is 16.5. The highest BCUT2D eigenvalue weighted by molar-refractivity contribution is 7.92. The van der Waals surface area contributed by atoms with E-state index < -0.39 is 16.0 Å². The molecular weight excluding hydrogens is 449 g/mol. The molecule has 0 atom stereocenters. The van der Waals surface area contributed by atoms with Crippen LogP contribution in [0.4, 0.5) is 10.1 Å². The normalized spacial score (nSPS) is 11.2. The fourth-order valence-electron chi connectivity index (χ4n) is 2.94. The Morgan fingerprint density at radius 3 is 2.33 bits per heavy atom. The second-order valence-corrected chi connectivity index (χ2v) is 8.90. The Balaban J connectivity index is 1.40. The number of halogens is 1. The van der Waals surface area contributed by atoms with Gasteiger partial charge in [-0.3, -0.25) is 4.31 Å². The van der Waals surface area contributed by atoms with E-state index in [0.29, 0.717) is 11.3 Å². The van der Waals surface area contributed by atoms with Crippen LogP contribution in [-0.2, 0) is 21.4 Å². The number of anilines is 1. The molecule has 0 spiro atoms. The molecule has 0 bridgehead atoms. The molecule has 0 aliphatic heterocycles. The van der Waals surface area contributed by atoms with Gasteiger partial charge in [0.2, 0.25) is 5.82 Å². The maximum Gasteiger partial charge on any atom is 0.338 e. The van der Waals surface area contributed by atoms with E-state index in [1.807, 2.05) is 0 Å². The van der Waals surface area contributed by atoms with Crippen LogP contribution >= 0.6 is 0 Å². The van der Waals surface area contributed by atoms with Crippen LogP contribution in [0.2, 0.25) is 0 Å². The van der Waals surface area contributed by atoms with Crippen molar-refractivity contribution in [3.8, 4) is 11.4 Å². The summed E-state index contributed by atoms with van der Waals surface area (Å²) in [5.74, 6) is -0.775. The number of hydrogen-bond acceptors (Lipinski definition) is 7. The van der Waals surface area contributed by atoms with Gasteiger partial charge < -0.3 is 9.26 Å². The number of carbonyl (C=O) groups is 1. The average Bonchev–Trinajstić information content (AvgIpc) is 3.32. The standard InChI is InChI=1S/C23H18FN3O5S/c1-27(19-5-3-2-4-6-19)33(29,30)20-13-9-17(10-14-20)23(28)31-15-21-25-22(26-32-21)16-7-11-18(24)12-8-16/h2-14H,15H2,1H3. The fraction of sp³-hybridized carbons (Fsp3) is 0.0870. The minimum Gasteiger partial charge on any atom is -0.452 e. The third-order valence-corrected chi connectivity index (χ3v) is 6.57. The van der Waals surface area contributed by atoms with Gasteiger partial charge in [0.15, 0.2) is 6.61 Å². The number of carbonyl (C=O) groups excluding carboxylic acids is 1. The number of benzene rings is 3. The van der Waals surface area contributed by atoms with Crippen LogP contribution in [0.5, 0.6) is 0 Å². The molecule has 0 saturated heterocycles. The van der Waals surface area contributed by atoms with E-state index in [-0.39, 0.29) is 34.6 Å². The predicted octanol–water partition coefficient (Wildman–Crippen LogP) is 4.06. The van der Waals surface area contributed by atoms with E-state index in [2.05, 4.69) is 10.1 Å². The van der Waals surface area contributed by atoms with Crippen LogP contribution in [-0.4, -0.2) is 31.6 Å². The van der Waals surface area contributed by atoms with Crippen LogP contribution < -0.4 is 4.31 Å². The molecule has 0 N–H and O–H groups in total. The number of aromatic nitrogens is 2. The van der Waals surface area contributed by atoms with Gasteiger partial charge in [0.05, 0.1) is 16.1 Å². The second kappa shape index (κ2) is 9.21. The third-order valence-electron chi connectivity index (χ3n) is 4.77. The summed E-state index contributed by atoms with van der Waals surface area (Å²) >= 11 is 0. The van der Waals surface area contributed by atoms with Gasteiger partial charge in [0.25, 0.3) is 15.9 Å². The topological polar surface area (TPSA) is 103 Å². The van der Waals surface area contributed by atoms with Gasteiger partial charge in [-0.25, -0.2) is 17.6 Å². The van der Waals surface area contributed by atoms with E-state index in [1.54, 1.807) is 30.3 Å². The Hall–Kier alpha value is -4.05. The summed E-state index contributed by atoms with van der Waals surface area (Å²) in [6.45, 7) is -0.274. The molecule has 33 heavy (non-hydrogen) atoms. The first-order chi connectivity index (χ1) is 15.8. The van der Waals surface area contributed by atoms with Gasteiger partial charge in [-0.1, -0.05) is 23.4 Å². The van der Waals surface area contributed by atoms with E-state index in [9.17, 15) is 17.6 Å². The molecule has 3 aromatic carbocycles. The predicted molar refractivity (Wildman–Crippen MR) is 117 cm³/mol. The molecule has 4 rings (SSSR count). The lowest BCUT2D eigenvalue weighted by molar-refractivity contribution is 0.0429. The summed E-state index contributed by atoms with van der Waals surface area (Å²) in [5.41, 5.74) is 1.23. The largest absolute Gasteiger partial charge is 0.452 e. The van der Waals surface area contributed by atoms with Crippen LogP contribution in [0.15, 0.2) is 88.3 Å². The Kier molecular flexibility index (Phi) is 6.18. The van der Waals surface area contributed by atoms with Crippen LogP contribution in [0, 0.1) is 5.82 Å². The zero-order valence-electron chi connectivity index (χ0n) is 17.4. The molecule has 1 heterocycles. The lowest BCUT2D eigenvalue weighted by Gasteiger charge is -2.19. The van der Waals surface area contributed by atoms with Crippen molar-refractivity contribution in [2.75, 3.05) is 11.4 Å². The van der Waals surface area contributed by atoms with Crippen molar-refractivity contribution in [1.29, 1.82) is 0 Å². The Morgan fingerprint density at radius 2 is 1.67 bits per heavy atom. The second-order valence-electron chi connectivity index (χ2n) is 6.93. The van der Waals surface area contributed by atoms with Crippen molar-refractivity contribution in [3.63, 3.8) is 0 Å². The summed E-state index contributed by atoms with van der Waals surface area (Å²) in [6.07, 6.45) is 0. The highest BCUT2D eigenvalue weighted by Gasteiger charge is 2.22. The van der Waals surface area contributed by atoms with Gasteiger partial charge in [0, 0.05) is 12.6 Å². The molecule has 0 aliphatic rings. The Morgan fingerprint density at radius 1 is 1.00 bits per heavy atom. The van der Waals surface area contributed by atoms with E-state index in [1.165, 1.54) is 55.6 Å². The van der Waals surface area contributed by atoms with Gasteiger partial charge in [-0.05, 0) is 60.7 Å². The molecule has 0 radical (unpaired) electrons. The van der Waals surface area contributed by atoms with Crippen molar-refractivity contribution in [2.45, 2.75) is 11.5 Å². The van der Waals surface area contributed by atoms with Crippen molar-refractivity contribution in [2.24, 2.45) is 0 Å². The van der Waals surface area contributed by atoms with Crippen molar-refractivity contribution in [1.82, 2.24) is 10.1 Å². The minimum atomic E-state index is -3.79. The summed E-state index contributed by atoms with van der Waals surface area (Å²) in [5, 5.41) is 3.78. The number of hydrogen-bond donors (Lipinski definition) is 0. The number of sulfonamides is 1. The van der Waals surface area contributed by atoms with Crippen molar-refractivity contribution >= 4 is 21.7 Å². The van der Waals surface area contributed by atoms with Gasteiger partial charge in [-0.15, -0.1) is 0 Å². The number of esters is 1. The first-order valence-electron chi connectivity index (χ1n) is 9.74. The monoisotopic (exact) mass is 467 g/mol. The maximum absolute atomic E-state index is 13.0. The SMILES string of the molecule is CN(c1ccccc1)S(=O)(=O)c1ccc(C(=O)OCc2nc(-c3ccc(F)cc3)no2)cc1.